The van der Waals surface area contributed by atoms with Crippen LogP contribution < -0.4 is 65.9 Å². The van der Waals surface area contributed by atoms with Crippen molar-refractivity contribution in [3.05, 3.63) is 29.8 Å². The van der Waals surface area contributed by atoms with Crippen molar-refractivity contribution in [2.45, 2.75) is 184 Å². The molecule has 0 saturated carbocycles. The molecule has 2 aliphatic heterocycles. The number of nitrogens with one attached hydrogen (secondary N) is 7. The van der Waals surface area contributed by atoms with Crippen molar-refractivity contribution >= 4 is 76.8 Å². The van der Waals surface area contributed by atoms with E-state index in [0.29, 0.717) is 24.3 Å². The molecule has 3 rings (SSSR count). The summed E-state index contributed by atoms with van der Waals surface area (Å²) in [6, 6.07) is -7.63. The average Bonchev–Trinajstić information content (AvgIpc) is 3.83. The molecule has 426 valence electrons. The number of hydrogen-bond donors (Lipinski definition) is 13. The number of carbonyl (C=O) groups excluding carboxylic acids is 13. The Morgan fingerprint density at radius 1 is 0.532 bits per heavy atom. The molecule has 0 unspecified atom stereocenters. The number of phenols is 1. The number of nitrogens with two attached hydrogens (primary N) is 5. The van der Waals surface area contributed by atoms with Gasteiger partial charge in [-0.1, -0.05) is 77.3 Å². The van der Waals surface area contributed by atoms with Crippen LogP contribution in [-0.2, 0) is 68.7 Å². The maximum atomic E-state index is 14.3. The van der Waals surface area contributed by atoms with E-state index in [1.54, 1.807) is 0 Å². The molecular weight excluding hydrogens is 1010 g/mol. The summed E-state index contributed by atoms with van der Waals surface area (Å²) in [5.74, 6) is -13.3. The first-order chi connectivity index (χ1) is 36.3. The highest BCUT2D eigenvalue weighted by Crippen LogP contribution is 2.21. The first-order valence-corrected chi connectivity index (χ1v) is 25.9. The molecule has 2 saturated heterocycles. The van der Waals surface area contributed by atoms with Crippen molar-refractivity contribution in [2.75, 3.05) is 6.54 Å². The Bertz CT molecular complexity index is 2300. The fourth-order valence-electron chi connectivity index (χ4n) is 8.95. The second kappa shape index (κ2) is 31.9. The third-order valence-corrected chi connectivity index (χ3v) is 12.9. The van der Waals surface area contributed by atoms with E-state index in [0.717, 1.165) is 43.4 Å². The highest BCUT2D eigenvalue weighted by atomic mass is 16.3. The van der Waals surface area contributed by atoms with Crippen LogP contribution in [0.15, 0.2) is 24.3 Å². The minimum Gasteiger partial charge on any atom is -0.508 e. The molecule has 18 N–H and O–H groups in total. The fraction of sp³-hybridized carbons (Fsp3) is 0.620. The van der Waals surface area contributed by atoms with Crippen LogP contribution in [-0.4, -0.2) is 142 Å². The Morgan fingerprint density at radius 2 is 0.961 bits per heavy atom. The van der Waals surface area contributed by atoms with Gasteiger partial charge < -0.3 is 75.9 Å². The van der Waals surface area contributed by atoms with Crippen LogP contribution in [0.25, 0.3) is 0 Å². The number of primary amides is 5. The van der Waals surface area contributed by atoms with Crippen molar-refractivity contribution in [2.24, 2.45) is 34.6 Å². The van der Waals surface area contributed by atoms with Gasteiger partial charge >= 0.3 is 0 Å². The van der Waals surface area contributed by atoms with Gasteiger partial charge in [0.25, 0.3) is 0 Å². The number of benzene rings is 1. The summed E-state index contributed by atoms with van der Waals surface area (Å²) in [6.45, 7) is 4.20. The summed E-state index contributed by atoms with van der Waals surface area (Å²) in [7, 11) is 0. The van der Waals surface area contributed by atoms with Crippen molar-refractivity contribution in [1.29, 1.82) is 0 Å². The number of unbranched alkanes of at least 4 members (excludes halogenated alkanes) is 6. The van der Waals surface area contributed by atoms with Gasteiger partial charge in [0, 0.05) is 31.8 Å². The van der Waals surface area contributed by atoms with Gasteiger partial charge in [0.05, 0.1) is 25.7 Å². The number of nitrogens with zero attached hydrogens (tertiary/aromatic N) is 1. The molecule has 0 radical (unpaired) electrons. The van der Waals surface area contributed by atoms with Gasteiger partial charge in [-0.2, -0.15) is 0 Å². The zero-order valence-corrected chi connectivity index (χ0v) is 43.7. The minimum atomic E-state index is -1.87. The Hall–Kier alpha value is -7.87. The van der Waals surface area contributed by atoms with Crippen LogP contribution in [0, 0.1) is 5.92 Å². The topological polar surface area (TPSA) is 460 Å². The standard InChI is InChI=1S/C50H77N13O14/c1-27(2)11-8-6-4-3-5-7-9-12-29-22-43(70)57-33(23-39(52)66)46(73)59-32(21-28-14-16-30(64)17-15-28)45(72)61-35(25-41(54)68)47(74)58-31(18-19-38(51)65)50(77)63-20-10-13-37(63)49(76)62-36(26-42(55)69)48(75)60-34(24-40(53)67)44(71)56-29/h14-17,27,29,31-37,64H,3-13,18-26H2,1-2H3,(H2,51,65)(H2,52,66)(H2,53,67)(H2,54,68)(H2,55,69)(H,56,71)(H,57,70)(H,58,74)(H,59,73)(H,60,75)(H,61,72)(H,62,76)/t29-,31-,32+,33-,34-,35+,36+,37+/m0/s1. The second-order valence-electron chi connectivity index (χ2n) is 20.0. The van der Waals surface area contributed by atoms with Crippen LogP contribution in [0.1, 0.15) is 135 Å². The van der Waals surface area contributed by atoms with E-state index < -0.39 is 170 Å². The molecule has 27 nitrogen and oxygen atoms in total. The Labute approximate surface area is 446 Å². The molecule has 1 aromatic carbocycles. The van der Waals surface area contributed by atoms with Crippen LogP contribution in [0.4, 0.5) is 0 Å². The fourth-order valence-corrected chi connectivity index (χ4v) is 8.95. The van der Waals surface area contributed by atoms with E-state index >= 15 is 0 Å². The molecule has 0 bridgehead atoms. The zero-order chi connectivity index (χ0) is 57.4. The lowest BCUT2D eigenvalue weighted by Gasteiger charge is -2.31. The molecule has 8 atom stereocenters. The lowest BCUT2D eigenvalue weighted by molar-refractivity contribution is -0.143. The SMILES string of the molecule is CC(C)CCCCCCCCC[C@H]1CC(=O)N[C@@H](CC(N)=O)C(=O)N[C@H](Cc2ccc(O)cc2)C(=O)N[C@H](CC(N)=O)C(=O)N[C@@H](CCC(N)=O)C(=O)N2CCC[C@@H]2C(=O)N[C@H](CC(N)=O)C(=O)N[C@@H](CC(N)=O)C(=O)N1. The molecule has 13 amide bonds. The monoisotopic (exact) mass is 1080 g/mol. The van der Waals surface area contributed by atoms with Gasteiger partial charge in [0.1, 0.15) is 48.0 Å². The number of aromatic hydroxyl groups is 1. The van der Waals surface area contributed by atoms with Gasteiger partial charge in [-0.25, -0.2) is 0 Å². The van der Waals surface area contributed by atoms with Crippen molar-refractivity contribution in [1.82, 2.24) is 42.1 Å². The lowest BCUT2D eigenvalue weighted by atomic mass is 10.0. The normalized spacial score (nSPS) is 23.6. The molecule has 2 fully saturated rings. The Morgan fingerprint density at radius 3 is 1.45 bits per heavy atom. The number of amides is 13. The predicted octanol–water partition coefficient (Wildman–Crippen LogP) is -3.34. The molecule has 77 heavy (non-hydrogen) atoms. The zero-order valence-electron chi connectivity index (χ0n) is 43.7. The average molecular weight is 1080 g/mol. The molecule has 2 heterocycles. The summed E-state index contributed by atoms with van der Waals surface area (Å²) >= 11 is 0. The van der Waals surface area contributed by atoms with E-state index in [-0.39, 0.29) is 38.0 Å². The number of hydrogen-bond acceptors (Lipinski definition) is 14. The maximum absolute atomic E-state index is 14.3. The first kappa shape index (κ1) is 63.4. The van der Waals surface area contributed by atoms with Gasteiger partial charge in [-0.15, -0.1) is 0 Å². The van der Waals surface area contributed by atoms with Crippen LogP contribution >= 0.6 is 0 Å². The van der Waals surface area contributed by atoms with Gasteiger partial charge in [0.15, 0.2) is 0 Å². The molecule has 2 aliphatic rings. The van der Waals surface area contributed by atoms with Gasteiger partial charge in [0.2, 0.25) is 76.8 Å². The molecule has 0 aromatic heterocycles. The molecule has 27 heteroatoms. The van der Waals surface area contributed by atoms with E-state index in [1.807, 2.05) is 0 Å². The number of rotatable bonds is 23. The van der Waals surface area contributed by atoms with E-state index in [4.69, 9.17) is 28.7 Å². The molecular formula is C50H77N13O14. The highest BCUT2D eigenvalue weighted by molar-refractivity contribution is 6.00. The third-order valence-electron chi connectivity index (χ3n) is 12.9. The summed E-state index contributed by atoms with van der Waals surface area (Å²) in [4.78, 5) is 175. The summed E-state index contributed by atoms with van der Waals surface area (Å²) in [6.07, 6.45) is 2.21. The third kappa shape index (κ3) is 23.3. The smallest absolute Gasteiger partial charge is 0.245 e. The largest absolute Gasteiger partial charge is 0.508 e. The van der Waals surface area contributed by atoms with E-state index in [2.05, 4.69) is 51.1 Å². The highest BCUT2D eigenvalue weighted by Gasteiger charge is 2.41. The van der Waals surface area contributed by atoms with Crippen LogP contribution in [0.2, 0.25) is 0 Å². The number of carbonyl (C=O) groups is 13. The Kier molecular flexibility index (Phi) is 26.3. The predicted molar refractivity (Wildman–Crippen MR) is 275 cm³/mol. The van der Waals surface area contributed by atoms with Crippen molar-refractivity contribution < 1.29 is 67.4 Å². The number of phenolic OH excluding ortho intramolecular Hbond substituents is 1. The minimum absolute atomic E-state index is 0.0201. The van der Waals surface area contributed by atoms with Crippen LogP contribution in [0.5, 0.6) is 5.75 Å². The molecule has 0 aliphatic carbocycles. The van der Waals surface area contributed by atoms with E-state index in [9.17, 15) is 67.4 Å². The maximum Gasteiger partial charge on any atom is 0.245 e. The molecule has 0 spiro atoms. The summed E-state index contributed by atoms with van der Waals surface area (Å²) in [5.41, 5.74) is 27.7. The van der Waals surface area contributed by atoms with E-state index in [1.165, 1.54) is 24.3 Å². The van der Waals surface area contributed by atoms with Crippen molar-refractivity contribution in [3.8, 4) is 5.75 Å². The van der Waals surface area contributed by atoms with Crippen molar-refractivity contribution in [3.63, 3.8) is 0 Å². The van der Waals surface area contributed by atoms with Gasteiger partial charge in [-0.05, 0) is 49.3 Å². The summed E-state index contributed by atoms with van der Waals surface area (Å²) < 4.78 is 0. The second-order valence-corrected chi connectivity index (χ2v) is 20.0. The number of fused-ring (bicyclic) bond motifs is 1. The lowest BCUT2D eigenvalue weighted by Crippen LogP contribution is -2.60. The van der Waals surface area contributed by atoms with Gasteiger partial charge in [-0.3, -0.25) is 62.3 Å². The quantitative estimate of drug-likeness (QED) is 0.0477. The molecule has 1 aromatic rings. The van der Waals surface area contributed by atoms with Crippen LogP contribution in [0.3, 0.4) is 0 Å². The first-order valence-electron chi connectivity index (χ1n) is 25.9. The Balaban J connectivity index is 2.16. The summed E-state index contributed by atoms with van der Waals surface area (Å²) in [5, 5.41) is 26.9.